The van der Waals surface area contributed by atoms with E-state index in [1.54, 1.807) is 0 Å². The van der Waals surface area contributed by atoms with Crippen LogP contribution in [0.1, 0.15) is 6.92 Å². The standard InChI is InChI=1S/C10H10N2/c1-8-7-11-10-5-3-4-6-12(10)9(8)2/h3-7H,2H2,1H3. The van der Waals surface area contributed by atoms with E-state index < -0.39 is 0 Å². The van der Waals surface area contributed by atoms with E-state index in [9.17, 15) is 0 Å². The van der Waals surface area contributed by atoms with Gasteiger partial charge in [-0.2, -0.15) is 0 Å². The van der Waals surface area contributed by atoms with E-state index in [4.69, 9.17) is 0 Å². The minimum Gasteiger partial charge on any atom is -0.302 e. The highest BCUT2D eigenvalue weighted by molar-refractivity contribution is 5.97. The molecule has 0 N–H and O–H groups in total. The van der Waals surface area contributed by atoms with Gasteiger partial charge < -0.3 is 4.90 Å². The van der Waals surface area contributed by atoms with Gasteiger partial charge in [-0.05, 0) is 24.6 Å². The number of nitrogens with zero attached hydrogens (tertiary/aromatic N) is 2. The highest BCUT2D eigenvalue weighted by Crippen LogP contribution is 2.21. The van der Waals surface area contributed by atoms with Crippen LogP contribution in [0.15, 0.2) is 53.5 Å². The highest BCUT2D eigenvalue weighted by atomic mass is 15.2. The number of hydrogen-bond donors (Lipinski definition) is 0. The van der Waals surface area contributed by atoms with E-state index in [0.29, 0.717) is 0 Å². The monoisotopic (exact) mass is 158 g/mol. The van der Waals surface area contributed by atoms with Crippen LogP contribution in [0.25, 0.3) is 0 Å². The van der Waals surface area contributed by atoms with E-state index in [-0.39, 0.29) is 0 Å². The SMILES string of the molecule is C=C1C(C)=CN=C2C=CC=CN12. The number of allylic oxidation sites excluding steroid dienone is 3. The van der Waals surface area contributed by atoms with Crippen molar-refractivity contribution in [3.63, 3.8) is 0 Å². The molecule has 2 rings (SSSR count). The number of amidine groups is 1. The van der Waals surface area contributed by atoms with Gasteiger partial charge in [0, 0.05) is 18.1 Å². The molecule has 0 unspecified atom stereocenters. The molecular weight excluding hydrogens is 148 g/mol. The molecule has 0 spiro atoms. The first-order valence-electron chi connectivity index (χ1n) is 3.87. The fraction of sp³-hybridized carbons (Fsp3) is 0.100. The fourth-order valence-corrected chi connectivity index (χ4v) is 1.19. The third-order valence-electron chi connectivity index (χ3n) is 1.97. The average Bonchev–Trinajstić information content (AvgIpc) is 2.12. The number of hydrogen-bond acceptors (Lipinski definition) is 2. The van der Waals surface area contributed by atoms with Crippen LogP contribution in [0.4, 0.5) is 0 Å². The molecule has 2 aliphatic heterocycles. The van der Waals surface area contributed by atoms with E-state index in [0.717, 1.165) is 17.1 Å². The van der Waals surface area contributed by atoms with E-state index in [2.05, 4.69) is 11.6 Å². The summed E-state index contributed by atoms with van der Waals surface area (Å²) in [5.74, 6) is 0.938. The minimum atomic E-state index is 0.938. The van der Waals surface area contributed by atoms with Crippen molar-refractivity contribution >= 4 is 5.84 Å². The largest absolute Gasteiger partial charge is 0.302 e. The zero-order chi connectivity index (χ0) is 8.55. The molecule has 12 heavy (non-hydrogen) atoms. The van der Waals surface area contributed by atoms with Crippen molar-refractivity contribution in [2.24, 2.45) is 4.99 Å². The summed E-state index contributed by atoms with van der Waals surface area (Å²) in [6.07, 6.45) is 9.73. The van der Waals surface area contributed by atoms with Crippen LogP contribution in [0.3, 0.4) is 0 Å². The zero-order valence-corrected chi connectivity index (χ0v) is 6.99. The van der Waals surface area contributed by atoms with Gasteiger partial charge in [-0.3, -0.25) is 0 Å². The van der Waals surface area contributed by atoms with Crippen molar-refractivity contribution in [2.75, 3.05) is 0 Å². The molecule has 0 aromatic rings. The summed E-state index contributed by atoms with van der Waals surface area (Å²) in [6.45, 7) is 5.98. The third kappa shape index (κ3) is 0.925. The van der Waals surface area contributed by atoms with Gasteiger partial charge in [-0.15, -0.1) is 0 Å². The van der Waals surface area contributed by atoms with Crippen LogP contribution in [-0.2, 0) is 0 Å². The summed E-state index contributed by atoms with van der Waals surface area (Å²) in [5, 5.41) is 0. The van der Waals surface area contributed by atoms with Gasteiger partial charge in [0.15, 0.2) is 0 Å². The van der Waals surface area contributed by atoms with Gasteiger partial charge in [-0.1, -0.05) is 12.7 Å². The van der Waals surface area contributed by atoms with Crippen molar-refractivity contribution in [1.29, 1.82) is 0 Å². The molecule has 0 aromatic heterocycles. The van der Waals surface area contributed by atoms with E-state index in [1.165, 1.54) is 0 Å². The lowest BCUT2D eigenvalue weighted by Crippen LogP contribution is -2.26. The molecule has 0 aromatic carbocycles. The van der Waals surface area contributed by atoms with Crippen LogP contribution < -0.4 is 0 Å². The number of aliphatic imine (C=N–C) groups is 1. The van der Waals surface area contributed by atoms with Crippen LogP contribution in [0.5, 0.6) is 0 Å². The van der Waals surface area contributed by atoms with Crippen LogP contribution >= 0.6 is 0 Å². The summed E-state index contributed by atoms with van der Waals surface area (Å²) >= 11 is 0. The lowest BCUT2D eigenvalue weighted by atomic mass is 10.2. The first-order valence-corrected chi connectivity index (χ1v) is 3.87. The molecule has 0 saturated carbocycles. The molecule has 2 nitrogen and oxygen atoms in total. The quantitative estimate of drug-likeness (QED) is 0.527. The first kappa shape index (κ1) is 7.10. The Morgan fingerprint density at radius 1 is 1.42 bits per heavy atom. The topological polar surface area (TPSA) is 15.6 Å². The molecule has 0 bridgehead atoms. The Morgan fingerprint density at radius 3 is 3.08 bits per heavy atom. The van der Waals surface area contributed by atoms with Gasteiger partial charge in [-0.25, -0.2) is 4.99 Å². The summed E-state index contributed by atoms with van der Waals surface area (Å²) in [6, 6.07) is 0. The van der Waals surface area contributed by atoms with Crippen LogP contribution in [-0.4, -0.2) is 10.7 Å². The number of rotatable bonds is 0. The molecule has 2 heterocycles. The molecule has 2 heteroatoms. The van der Waals surface area contributed by atoms with E-state index >= 15 is 0 Å². The summed E-state index contributed by atoms with van der Waals surface area (Å²) in [5.41, 5.74) is 2.11. The normalized spacial score (nSPS) is 20.4. The predicted octanol–water partition coefficient (Wildman–Crippen LogP) is 2.20. The van der Waals surface area contributed by atoms with E-state index in [1.807, 2.05) is 42.5 Å². The van der Waals surface area contributed by atoms with Gasteiger partial charge >= 0.3 is 0 Å². The van der Waals surface area contributed by atoms with Gasteiger partial charge in [0.2, 0.25) is 0 Å². The second-order valence-electron chi connectivity index (χ2n) is 2.82. The fourth-order valence-electron chi connectivity index (χ4n) is 1.19. The van der Waals surface area contributed by atoms with Crippen molar-refractivity contribution in [1.82, 2.24) is 4.90 Å². The highest BCUT2D eigenvalue weighted by Gasteiger charge is 2.15. The Kier molecular flexibility index (Phi) is 1.47. The molecule has 0 atom stereocenters. The van der Waals surface area contributed by atoms with Crippen molar-refractivity contribution in [2.45, 2.75) is 6.92 Å². The molecule has 0 amide bonds. The lowest BCUT2D eigenvalue weighted by Gasteiger charge is -2.27. The Hall–Kier alpha value is -1.57. The third-order valence-corrected chi connectivity index (χ3v) is 1.97. The minimum absolute atomic E-state index is 0.938. The van der Waals surface area contributed by atoms with Gasteiger partial charge in [0.05, 0.1) is 0 Å². The summed E-state index contributed by atoms with van der Waals surface area (Å²) < 4.78 is 0. The molecule has 0 fully saturated rings. The Balaban J connectivity index is 2.45. The predicted molar refractivity (Wildman–Crippen MR) is 50.5 cm³/mol. The first-order chi connectivity index (χ1) is 5.79. The second-order valence-corrected chi connectivity index (χ2v) is 2.82. The number of fused-ring (bicyclic) bond motifs is 1. The van der Waals surface area contributed by atoms with Crippen molar-refractivity contribution in [3.8, 4) is 0 Å². The van der Waals surface area contributed by atoms with Crippen LogP contribution in [0.2, 0.25) is 0 Å². The zero-order valence-electron chi connectivity index (χ0n) is 6.99. The Bertz CT molecular complexity index is 343. The maximum absolute atomic E-state index is 4.26. The second kappa shape index (κ2) is 2.48. The van der Waals surface area contributed by atoms with Gasteiger partial charge in [0.1, 0.15) is 5.84 Å². The maximum Gasteiger partial charge on any atom is 0.136 e. The Morgan fingerprint density at radius 2 is 2.25 bits per heavy atom. The van der Waals surface area contributed by atoms with Crippen LogP contribution in [0, 0.1) is 0 Å². The molecule has 0 aliphatic carbocycles. The summed E-state index contributed by atoms with van der Waals surface area (Å²) in [4.78, 5) is 6.25. The summed E-state index contributed by atoms with van der Waals surface area (Å²) in [7, 11) is 0. The molecular formula is C10H10N2. The maximum atomic E-state index is 4.26. The van der Waals surface area contributed by atoms with Crippen molar-refractivity contribution < 1.29 is 0 Å². The molecule has 0 radical (unpaired) electrons. The van der Waals surface area contributed by atoms with Crippen molar-refractivity contribution in [3.05, 3.63) is 48.5 Å². The Labute approximate surface area is 71.9 Å². The smallest absolute Gasteiger partial charge is 0.136 e. The average molecular weight is 158 g/mol. The molecule has 2 aliphatic rings. The molecule has 0 saturated heterocycles. The lowest BCUT2D eigenvalue weighted by molar-refractivity contribution is 0.691. The van der Waals surface area contributed by atoms with Gasteiger partial charge in [0.25, 0.3) is 0 Å². The molecule has 60 valence electrons.